The highest BCUT2D eigenvalue weighted by atomic mass is 35.5. The van der Waals surface area contributed by atoms with Crippen molar-refractivity contribution in [3.05, 3.63) is 47.7 Å². The van der Waals surface area contributed by atoms with E-state index in [1.807, 2.05) is 0 Å². The standard InChI is InChI=1S/C20H22ClF3N2O2Si/c1-29(2,3)12-11-27-13-26-18(21)17(15-8-6-10-25-19(15)26)14-7-4-5-9-16(14)28-20(22,23)24/h4-10H,11-13H2,1-3H3. The van der Waals surface area contributed by atoms with Gasteiger partial charge >= 0.3 is 6.36 Å². The molecule has 2 heterocycles. The van der Waals surface area contributed by atoms with Gasteiger partial charge in [-0.05, 0) is 24.2 Å². The molecule has 0 spiro atoms. The summed E-state index contributed by atoms with van der Waals surface area (Å²) >= 11 is 6.61. The summed E-state index contributed by atoms with van der Waals surface area (Å²) in [5.41, 5.74) is 1.22. The summed E-state index contributed by atoms with van der Waals surface area (Å²) < 4.78 is 50.3. The van der Waals surface area contributed by atoms with Crippen LogP contribution < -0.4 is 4.74 Å². The minimum atomic E-state index is -4.81. The Morgan fingerprint density at radius 2 is 1.83 bits per heavy atom. The van der Waals surface area contributed by atoms with Crippen LogP contribution in [0.4, 0.5) is 13.2 Å². The fourth-order valence-electron chi connectivity index (χ4n) is 2.94. The van der Waals surface area contributed by atoms with Crippen LogP contribution in [-0.2, 0) is 11.5 Å². The molecular formula is C20H22ClF3N2O2Si. The first-order valence-electron chi connectivity index (χ1n) is 9.12. The highest BCUT2D eigenvalue weighted by Gasteiger charge is 2.33. The van der Waals surface area contributed by atoms with Gasteiger partial charge in [-0.15, -0.1) is 13.2 Å². The van der Waals surface area contributed by atoms with E-state index in [0.717, 1.165) is 6.04 Å². The topological polar surface area (TPSA) is 36.3 Å². The smallest absolute Gasteiger partial charge is 0.405 e. The third-order valence-electron chi connectivity index (χ3n) is 4.35. The highest BCUT2D eigenvalue weighted by Crippen LogP contribution is 2.42. The molecule has 1 aromatic carbocycles. The van der Waals surface area contributed by atoms with Crippen molar-refractivity contribution in [1.82, 2.24) is 9.55 Å². The molecule has 9 heteroatoms. The van der Waals surface area contributed by atoms with E-state index in [4.69, 9.17) is 16.3 Å². The molecule has 0 saturated carbocycles. The van der Waals surface area contributed by atoms with Crippen molar-refractivity contribution in [3.63, 3.8) is 0 Å². The predicted octanol–water partition coefficient (Wildman–Crippen LogP) is 6.57. The van der Waals surface area contributed by atoms with Gasteiger partial charge in [-0.1, -0.05) is 49.4 Å². The number of ether oxygens (including phenoxy) is 2. The van der Waals surface area contributed by atoms with E-state index in [2.05, 4.69) is 29.4 Å². The Hall–Kier alpha value is -2.03. The number of alkyl halides is 3. The third-order valence-corrected chi connectivity index (χ3v) is 6.45. The lowest BCUT2D eigenvalue weighted by molar-refractivity contribution is -0.274. The van der Waals surface area contributed by atoms with E-state index in [0.29, 0.717) is 23.2 Å². The fourth-order valence-corrected chi connectivity index (χ4v) is 4.03. The van der Waals surface area contributed by atoms with E-state index in [1.165, 1.54) is 12.1 Å². The van der Waals surface area contributed by atoms with Crippen LogP contribution in [0.25, 0.3) is 22.2 Å². The Bertz CT molecular complexity index is 1000. The van der Waals surface area contributed by atoms with Crippen LogP contribution in [0.3, 0.4) is 0 Å². The molecule has 0 aliphatic heterocycles. The van der Waals surface area contributed by atoms with Gasteiger partial charge in [0.25, 0.3) is 0 Å². The van der Waals surface area contributed by atoms with Gasteiger partial charge < -0.3 is 9.47 Å². The molecule has 0 bridgehead atoms. The zero-order valence-corrected chi connectivity index (χ0v) is 18.1. The summed E-state index contributed by atoms with van der Waals surface area (Å²) in [7, 11) is -1.25. The zero-order chi connectivity index (χ0) is 21.2. The van der Waals surface area contributed by atoms with Crippen LogP contribution in [0.2, 0.25) is 30.8 Å². The van der Waals surface area contributed by atoms with Crippen LogP contribution in [0.5, 0.6) is 5.75 Å². The molecule has 0 radical (unpaired) electrons. The molecule has 156 valence electrons. The lowest BCUT2D eigenvalue weighted by Gasteiger charge is -2.16. The van der Waals surface area contributed by atoms with Gasteiger partial charge in [0.1, 0.15) is 23.3 Å². The van der Waals surface area contributed by atoms with Crippen LogP contribution in [0.15, 0.2) is 42.6 Å². The lowest BCUT2D eigenvalue weighted by atomic mass is 10.0. The van der Waals surface area contributed by atoms with Crippen molar-refractivity contribution >= 4 is 30.7 Å². The predicted molar refractivity (Wildman–Crippen MR) is 111 cm³/mol. The highest BCUT2D eigenvalue weighted by molar-refractivity contribution is 6.76. The minimum absolute atomic E-state index is 0.166. The van der Waals surface area contributed by atoms with E-state index in [-0.39, 0.29) is 23.2 Å². The monoisotopic (exact) mass is 442 g/mol. The molecule has 0 atom stereocenters. The maximum Gasteiger partial charge on any atom is 0.573 e. The largest absolute Gasteiger partial charge is 0.573 e. The number of nitrogens with zero attached hydrogens (tertiary/aromatic N) is 2. The normalized spacial score (nSPS) is 12.5. The third kappa shape index (κ3) is 5.32. The molecule has 0 aliphatic carbocycles. The summed E-state index contributed by atoms with van der Waals surface area (Å²) in [6, 6.07) is 10.4. The van der Waals surface area contributed by atoms with Gasteiger partial charge in [-0.25, -0.2) is 4.98 Å². The SMILES string of the molecule is C[Si](C)(C)CCOCn1c(Cl)c(-c2ccccc2OC(F)(F)F)c2cccnc21. The Balaban J connectivity index is 2.01. The number of halogens is 4. The first-order valence-corrected chi connectivity index (χ1v) is 13.2. The number of rotatable bonds is 7. The van der Waals surface area contributed by atoms with Crippen LogP contribution in [-0.4, -0.2) is 30.6 Å². The number of hydrogen-bond donors (Lipinski definition) is 0. The molecule has 0 amide bonds. The average molecular weight is 443 g/mol. The fraction of sp³-hybridized carbons (Fsp3) is 0.350. The van der Waals surface area contributed by atoms with Crippen molar-refractivity contribution in [2.75, 3.05) is 6.61 Å². The molecule has 3 rings (SSSR count). The van der Waals surface area contributed by atoms with E-state index < -0.39 is 14.4 Å². The molecule has 0 fully saturated rings. The van der Waals surface area contributed by atoms with Crippen molar-refractivity contribution < 1.29 is 22.6 Å². The Morgan fingerprint density at radius 3 is 2.52 bits per heavy atom. The van der Waals surface area contributed by atoms with Gasteiger partial charge in [0.2, 0.25) is 0 Å². The van der Waals surface area contributed by atoms with Crippen molar-refractivity contribution in [2.24, 2.45) is 0 Å². The van der Waals surface area contributed by atoms with Gasteiger partial charge in [-0.2, -0.15) is 0 Å². The second-order valence-electron chi connectivity index (χ2n) is 7.86. The van der Waals surface area contributed by atoms with Crippen LogP contribution >= 0.6 is 11.6 Å². The number of hydrogen-bond acceptors (Lipinski definition) is 3. The summed E-state index contributed by atoms with van der Waals surface area (Å²) in [6.45, 7) is 7.52. The molecule has 29 heavy (non-hydrogen) atoms. The quantitative estimate of drug-likeness (QED) is 0.307. The second kappa shape index (κ2) is 8.37. The second-order valence-corrected chi connectivity index (χ2v) is 13.8. The summed E-state index contributed by atoms with van der Waals surface area (Å²) in [5.74, 6) is -0.315. The van der Waals surface area contributed by atoms with Gasteiger partial charge in [0.15, 0.2) is 0 Å². The summed E-state index contributed by atoms with van der Waals surface area (Å²) in [5, 5.41) is 0.884. The Kier molecular flexibility index (Phi) is 6.26. The minimum Gasteiger partial charge on any atom is -0.405 e. The van der Waals surface area contributed by atoms with Crippen LogP contribution in [0, 0.1) is 0 Å². The van der Waals surface area contributed by atoms with E-state index >= 15 is 0 Å². The van der Waals surface area contributed by atoms with Gasteiger partial charge in [0, 0.05) is 37.4 Å². The molecule has 0 aliphatic rings. The first-order chi connectivity index (χ1) is 13.6. The number of benzene rings is 1. The Labute approximate surface area is 173 Å². The van der Waals surface area contributed by atoms with E-state index in [9.17, 15) is 13.2 Å². The molecule has 4 nitrogen and oxygen atoms in total. The molecule has 0 saturated heterocycles. The van der Waals surface area contributed by atoms with Crippen molar-refractivity contribution in [1.29, 1.82) is 0 Å². The maximum absolute atomic E-state index is 12.9. The number of para-hydroxylation sites is 1. The summed E-state index contributed by atoms with van der Waals surface area (Å²) in [4.78, 5) is 4.36. The number of fused-ring (bicyclic) bond motifs is 1. The van der Waals surface area contributed by atoms with Crippen LogP contribution in [0.1, 0.15) is 0 Å². The first kappa shape index (κ1) is 21.7. The lowest BCUT2D eigenvalue weighted by Crippen LogP contribution is -2.22. The number of pyridine rings is 1. The molecular weight excluding hydrogens is 421 g/mol. The van der Waals surface area contributed by atoms with Gasteiger partial charge in [0.05, 0.1) is 0 Å². The maximum atomic E-state index is 12.9. The summed E-state index contributed by atoms with van der Waals surface area (Å²) in [6.07, 6.45) is -3.20. The Morgan fingerprint density at radius 1 is 1.10 bits per heavy atom. The van der Waals surface area contributed by atoms with E-state index in [1.54, 1.807) is 35.0 Å². The molecule has 0 unspecified atom stereocenters. The van der Waals surface area contributed by atoms with Crippen molar-refractivity contribution in [2.45, 2.75) is 38.8 Å². The molecule has 0 N–H and O–H groups in total. The average Bonchev–Trinajstić information content (AvgIpc) is 2.89. The van der Waals surface area contributed by atoms with Crippen molar-refractivity contribution in [3.8, 4) is 16.9 Å². The molecule has 2 aromatic heterocycles. The zero-order valence-electron chi connectivity index (χ0n) is 16.4. The molecule has 3 aromatic rings. The number of aromatic nitrogens is 2. The van der Waals surface area contributed by atoms with Gasteiger partial charge in [-0.3, -0.25) is 4.57 Å².